The minimum atomic E-state index is 0.447. The lowest BCUT2D eigenvalue weighted by Crippen LogP contribution is -2.01. The summed E-state index contributed by atoms with van der Waals surface area (Å²) in [5, 5.41) is 24.4. The van der Waals surface area contributed by atoms with E-state index in [-0.39, 0.29) is 0 Å². The first-order chi connectivity index (χ1) is 21.7. The maximum atomic E-state index is 10.00. The van der Waals surface area contributed by atoms with Crippen molar-refractivity contribution in [1.29, 1.82) is 10.5 Å². The maximum Gasteiger partial charge on any atom is 0.119 e. The lowest BCUT2D eigenvalue weighted by molar-refractivity contribution is 0.415. The highest BCUT2D eigenvalue weighted by molar-refractivity contribution is 6.13. The molecule has 0 aliphatic rings. The molecule has 5 nitrogen and oxygen atoms in total. The average molecular weight is 565 g/mol. The number of nitriles is 2. The fourth-order valence-electron chi connectivity index (χ4n) is 6.52. The molecule has 0 aliphatic heterocycles. The van der Waals surface area contributed by atoms with Crippen LogP contribution in [0.3, 0.4) is 0 Å². The summed E-state index contributed by atoms with van der Waals surface area (Å²) in [5.41, 5.74) is 8.93. The zero-order chi connectivity index (χ0) is 29.8. The van der Waals surface area contributed by atoms with E-state index in [4.69, 9.17) is 4.74 Å². The van der Waals surface area contributed by atoms with Gasteiger partial charge in [0.25, 0.3) is 0 Å². The van der Waals surface area contributed by atoms with Gasteiger partial charge in [0, 0.05) is 27.2 Å². The Labute approximate surface area is 253 Å². The van der Waals surface area contributed by atoms with E-state index in [2.05, 4.69) is 102 Å². The first kappa shape index (κ1) is 25.4. The number of nitrogens with zero attached hydrogens (tertiary/aromatic N) is 4. The van der Waals surface area contributed by atoms with E-state index in [1.165, 1.54) is 16.3 Å². The molecule has 2 aromatic heterocycles. The second kappa shape index (κ2) is 9.91. The van der Waals surface area contributed by atoms with Crippen LogP contribution in [-0.4, -0.2) is 16.2 Å². The van der Waals surface area contributed by atoms with Gasteiger partial charge in [-0.15, -0.1) is 0 Å². The number of ether oxygens (including phenoxy) is 1. The summed E-state index contributed by atoms with van der Waals surface area (Å²) in [6, 6.07) is 47.8. The number of aromatic nitrogens is 2. The van der Waals surface area contributed by atoms with Crippen LogP contribution >= 0.6 is 0 Å². The van der Waals surface area contributed by atoms with Crippen molar-refractivity contribution >= 4 is 43.6 Å². The van der Waals surface area contributed by atoms with Crippen LogP contribution in [-0.2, 0) is 0 Å². The summed E-state index contributed by atoms with van der Waals surface area (Å²) in [5.74, 6) is 0.742. The monoisotopic (exact) mass is 564 g/mol. The molecule has 0 aliphatic carbocycles. The number of rotatable bonds is 4. The number of hydrogen-bond donors (Lipinski definition) is 0. The molecule has 5 heteroatoms. The Balaban J connectivity index is 1.39. The molecular weight excluding hydrogens is 540 g/mol. The minimum absolute atomic E-state index is 0.447. The molecule has 0 saturated heterocycles. The van der Waals surface area contributed by atoms with Gasteiger partial charge in [-0.3, -0.25) is 0 Å². The third-order valence-electron chi connectivity index (χ3n) is 8.49. The normalized spacial score (nSPS) is 11.2. The van der Waals surface area contributed by atoms with Crippen LogP contribution in [0.2, 0.25) is 0 Å². The fraction of sp³-hybridized carbons (Fsp3) is 0.0256. The van der Waals surface area contributed by atoms with Crippen molar-refractivity contribution in [3.63, 3.8) is 0 Å². The van der Waals surface area contributed by atoms with Crippen LogP contribution in [0.5, 0.6) is 5.75 Å². The predicted octanol–water partition coefficient (Wildman–Crippen LogP) is 9.30. The molecule has 0 N–H and O–H groups in total. The van der Waals surface area contributed by atoms with Crippen molar-refractivity contribution in [1.82, 2.24) is 9.13 Å². The molecule has 0 saturated carbocycles. The van der Waals surface area contributed by atoms with Gasteiger partial charge in [0.05, 0.1) is 46.0 Å². The largest absolute Gasteiger partial charge is 0.497 e. The Kier molecular flexibility index (Phi) is 5.72. The molecule has 2 heterocycles. The zero-order valence-corrected chi connectivity index (χ0v) is 23.8. The Hall–Kier alpha value is -6.30. The number of para-hydroxylation sites is 3. The average Bonchev–Trinajstić information content (AvgIpc) is 3.59. The molecular formula is C39H24N4O. The third-order valence-corrected chi connectivity index (χ3v) is 8.49. The number of benzene rings is 6. The van der Waals surface area contributed by atoms with E-state index < -0.39 is 0 Å². The van der Waals surface area contributed by atoms with E-state index in [1.54, 1.807) is 25.3 Å². The smallest absolute Gasteiger partial charge is 0.119 e. The van der Waals surface area contributed by atoms with Crippen LogP contribution in [0, 0.1) is 22.7 Å². The van der Waals surface area contributed by atoms with Crippen molar-refractivity contribution in [3.05, 3.63) is 139 Å². The van der Waals surface area contributed by atoms with Gasteiger partial charge < -0.3 is 13.9 Å². The summed E-state index contributed by atoms with van der Waals surface area (Å²) in [6.07, 6.45) is 0. The SMILES string of the molecule is COc1ccc2c(c1)c1cc(-c3ccc4c(c3)c3ccccc3n4-c3ccccc3)ccc1n2-c1c(C#N)cccc1C#N. The van der Waals surface area contributed by atoms with Crippen molar-refractivity contribution in [2.45, 2.75) is 0 Å². The van der Waals surface area contributed by atoms with Gasteiger partial charge in [-0.1, -0.05) is 54.6 Å². The molecule has 0 amide bonds. The number of fused-ring (bicyclic) bond motifs is 6. The summed E-state index contributed by atoms with van der Waals surface area (Å²) in [7, 11) is 1.66. The van der Waals surface area contributed by atoms with Gasteiger partial charge in [-0.2, -0.15) is 10.5 Å². The molecule has 44 heavy (non-hydrogen) atoms. The molecule has 6 aromatic carbocycles. The zero-order valence-electron chi connectivity index (χ0n) is 23.8. The summed E-state index contributed by atoms with van der Waals surface area (Å²) >= 11 is 0. The lowest BCUT2D eigenvalue weighted by atomic mass is 10.0. The summed E-state index contributed by atoms with van der Waals surface area (Å²) in [6.45, 7) is 0. The first-order valence-electron chi connectivity index (χ1n) is 14.3. The van der Waals surface area contributed by atoms with Crippen molar-refractivity contribution in [2.75, 3.05) is 7.11 Å². The second-order valence-electron chi connectivity index (χ2n) is 10.8. The van der Waals surface area contributed by atoms with E-state index in [0.29, 0.717) is 16.8 Å². The first-order valence-corrected chi connectivity index (χ1v) is 14.3. The molecule has 0 bridgehead atoms. The lowest BCUT2D eigenvalue weighted by Gasteiger charge is -2.12. The van der Waals surface area contributed by atoms with E-state index in [1.807, 2.05) is 28.8 Å². The van der Waals surface area contributed by atoms with Crippen LogP contribution in [0.15, 0.2) is 127 Å². The highest BCUT2D eigenvalue weighted by atomic mass is 16.5. The van der Waals surface area contributed by atoms with Gasteiger partial charge in [0.1, 0.15) is 17.9 Å². The standard InChI is InChI=1S/C39H24N4O/c1-44-30-16-19-38-34(22-30)33-21-26(15-18-37(33)43(38)39-27(23-40)8-7-9-28(39)24-41)25-14-17-36-32(20-25)31-12-5-6-13-35(31)42(36)29-10-3-2-4-11-29/h2-22H,1H3. The molecule has 0 radical (unpaired) electrons. The Bertz CT molecular complexity index is 2470. The molecule has 0 fully saturated rings. The predicted molar refractivity (Wildman–Crippen MR) is 177 cm³/mol. The van der Waals surface area contributed by atoms with Crippen molar-refractivity contribution in [2.24, 2.45) is 0 Å². The molecule has 0 spiro atoms. The Morgan fingerprint density at radius 1 is 0.500 bits per heavy atom. The topological polar surface area (TPSA) is 66.7 Å². The Morgan fingerprint density at radius 2 is 1.05 bits per heavy atom. The van der Waals surface area contributed by atoms with Gasteiger partial charge >= 0.3 is 0 Å². The van der Waals surface area contributed by atoms with E-state index >= 15 is 0 Å². The van der Waals surface area contributed by atoms with Crippen LogP contribution in [0.4, 0.5) is 0 Å². The van der Waals surface area contributed by atoms with Gasteiger partial charge in [-0.25, -0.2) is 0 Å². The number of hydrogen-bond acceptors (Lipinski definition) is 3. The summed E-state index contributed by atoms with van der Waals surface area (Å²) < 4.78 is 9.95. The Morgan fingerprint density at radius 3 is 1.70 bits per heavy atom. The van der Waals surface area contributed by atoms with Crippen molar-refractivity contribution in [3.8, 4) is 40.4 Å². The number of methoxy groups -OCH3 is 1. The van der Waals surface area contributed by atoms with Crippen LogP contribution < -0.4 is 4.74 Å². The van der Waals surface area contributed by atoms with Crippen LogP contribution in [0.25, 0.3) is 66.1 Å². The highest BCUT2D eigenvalue weighted by Crippen LogP contribution is 2.40. The fourth-order valence-corrected chi connectivity index (χ4v) is 6.52. The third kappa shape index (κ3) is 3.71. The van der Waals surface area contributed by atoms with Gasteiger partial charge in [0.2, 0.25) is 0 Å². The molecule has 8 aromatic rings. The maximum absolute atomic E-state index is 10.00. The quantitative estimate of drug-likeness (QED) is 0.214. The molecule has 0 atom stereocenters. The minimum Gasteiger partial charge on any atom is -0.497 e. The van der Waals surface area contributed by atoms with E-state index in [9.17, 15) is 10.5 Å². The molecule has 206 valence electrons. The van der Waals surface area contributed by atoms with Gasteiger partial charge in [-0.05, 0) is 83.9 Å². The second-order valence-corrected chi connectivity index (χ2v) is 10.8. The highest BCUT2D eigenvalue weighted by Gasteiger charge is 2.20. The van der Waals surface area contributed by atoms with Gasteiger partial charge in [0.15, 0.2) is 0 Å². The molecule has 8 rings (SSSR count). The summed E-state index contributed by atoms with van der Waals surface area (Å²) in [4.78, 5) is 0. The van der Waals surface area contributed by atoms with Crippen molar-refractivity contribution < 1.29 is 4.74 Å². The molecule has 0 unspecified atom stereocenters. The van der Waals surface area contributed by atoms with Crippen LogP contribution in [0.1, 0.15) is 11.1 Å². The van der Waals surface area contributed by atoms with E-state index in [0.717, 1.165) is 49.9 Å².